The van der Waals surface area contributed by atoms with Crippen LogP contribution in [0.25, 0.3) is 5.76 Å². The summed E-state index contributed by atoms with van der Waals surface area (Å²) in [6.45, 7) is 2.24. The molecule has 4 atom stereocenters. The molecular formula is C22H24N2O7. The summed E-state index contributed by atoms with van der Waals surface area (Å²) in [7, 11) is 0. The SMILES string of the molecule is CCCN[C@@H]1C(=O)C(C(N)=O)=C(O)[C@@]2(O)C(=O)C3=C(O)c4c(O)cccc4C[C@H]3C[C@@H]12. The quantitative estimate of drug-likeness (QED) is 0.374. The zero-order valence-corrected chi connectivity index (χ0v) is 16.9. The third-order valence-electron chi connectivity index (χ3n) is 6.55. The predicted octanol–water partition coefficient (Wildman–Crippen LogP) is 0.402. The number of aliphatic hydroxyl groups is 3. The van der Waals surface area contributed by atoms with Gasteiger partial charge in [0.25, 0.3) is 5.91 Å². The molecule has 1 saturated carbocycles. The Labute approximate surface area is 177 Å². The van der Waals surface area contributed by atoms with Crippen molar-refractivity contribution in [2.75, 3.05) is 6.54 Å². The number of carbonyl (C=O) groups excluding carboxylic acids is 3. The molecule has 0 aromatic heterocycles. The summed E-state index contributed by atoms with van der Waals surface area (Å²) in [5.74, 6) is -6.44. The van der Waals surface area contributed by atoms with Crippen LogP contribution in [-0.4, -0.2) is 56.1 Å². The van der Waals surface area contributed by atoms with Gasteiger partial charge in [0.2, 0.25) is 5.78 Å². The van der Waals surface area contributed by atoms with E-state index in [1.54, 1.807) is 12.1 Å². The normalized spacial score (nSPS) is 30.1. The van der Waals surface area contributed by atoms with Crippen molar-refractivity contribution in [3.63, 3.8) is 0 Å². The van der Waals surface area contributed by atoms with E-state index in [2.05, 4.69) is 5.32 Å². The molecule has 4 rings (SSSR count). The number of phenols is 1. The number of amides is 1. The number of phenolic OH excluding ortho intramolecular Hbond substituents is 1. The maximum Gasteiger partial charge on any atom is 0.255 e. The Morgan fingerprint density at radius 3 is 2.61 bits per heavy atom. The summed E-state index contributed by atoms with van der Waals surface area (Å²) in [4.78, 5) is 38.4. The lowest BCUT2D eigenvalue weighted by Crippen LogP contribution is -2.66. The Hall–Kier alpha value is -3.17. The maximum absolute atomic E-state index is 13.5. The van der Waals surface area contributed by atoms with Crippen LogP contribution in [0.3, 0.4) is 0 Å². The average Bonchev–Trinajstić information content (AvgIpc) is 2.70. The van der Waals surface area contributed by atoms with E-state index in [0.29, 0.717) is 24.9 Å². The first-order valence-electron chi connectivity index (χ1n) is 10.2. The zero-order chi connectivity index (χ0) is 22.7. The van der Waals surface area contributed by atoms with E-state index in [-0.39, 0.29) is 23.3 Å². The van der Waals surface area contributed by atoms with Gasteiger partial charge in [-0.2, -0.15) is 0 Å². The zero-order valence-electron chi connectivity index (χ0n) is 16.9. The highest BCUT2D eigenvalue weighted by molar-refractivity contribution is 6.24. The number of Topliss-reactive ketones (excluding diaryl/α,β-unsaturated/α-hetero) is 2. The molecule has 9 heteroatoms. The monoisotopic (exact) mass is 428 g/mol. The van der Waals surface area contributed by atoms with Crippen molar-refractivity contribution in [2.24, 2.45) is 17.6 Å². The van der Waals surface area contributed by atoms with E-state index >= 15 is 0 Å². The van der Waals surface area contributed by atoms with Crippen molar-refractivity contribution in [1.29, 1.82) is 0 Å². The van der Waals surface area contributed by atoms with Gasteiger partial charge in [-0.3, -0.25) is 14.4 Å². The van der Waals surface area contributed by atoms with Crippen molar-refractivity contribution in [2.45, 2.75) is 37.8 Å². The Bertz CT molecular complexity index is 1070. The maximum atomic E-state index is 13.5. The standard InChI is InChI=1S/C22H24N2O7/c1-2-6-24-16-11-8-10-7-9-4-3-5-12(25)13(9)17(26)14(10)19(28)22(11,31)20(29)15(18(16)27)21(23)30/h3-5,10-11,16,24-26,29,31H,2,6-8H2,1H3,(H2,23,30)/t10-,11-,16-,22-/m0/s1. The number of benzene rings is 1. The fraction of sp³-hybridized carbons (Fsp3) is 0.409. The number of fused-ring (bicyclic) bond motifs is 3. The van der Waals surface area contributed by atoms with Crippen molar-refractivity contribution in [1.82, 2.24) is 5.32 Å². The second kappa shape index (κ2) is 7.21. The van der Waals surface area contributed by atoms with Gasteiger partial charge in [0, 0.05) is 11.5 Å². The summed E-state index contributed by atoms with van der Waals surface area (Å²) in [6, 6.07) is 3.60. The minimum absolute atomic E-state index is 0.0833. The first-order valence-corrected chi connectivity index (χ1v) is 10.2. The molecule has 0 aliphatic heterocycles. The van der Waals surface area contributed by atoms with Crippen LogP contribution in [0.2, 0.25) is 0 Å². The lowest BCUT2D eigenvalue weighted by Gasteiger charge is -2.49. The molecule has 0 spiro atoms. The lowest BCUT2D eigenvalue weighted by atomic mass is 9.57. The van der Waals surface area contributed by atoms with Crippen LogP contribution in [0.5, 0.6) is 5.75 Å². The first-order chi connectivity index (χ1) is 14.6. The van der Waals surface area contributed by atoms with Crippen molar-refractivity contribution in [3.8, 4) is 5.75 Å². The minimum atomic E-state index is -2.61. The highest BCUT2D eigenvalue weighted by Crippen LogP contribution is 2.51. The minimum Gasteiger partial charge on any atom is -0.508 e. The number of hydrogen-bond donors (Lipinski definition) is 6. The molecule has 3 aliphatic carbocycles. The van der Waals surface area contributed by atoms with E-state index in [1.165, 1.54) is 6.07 Å². The topological polar surface area (TPSA) is 170 Å². The van der Waals surface area contributed by atoms with Gasteiger partial charge in [-0.15, -0.1) is 0 Å². The van der Waals surface area contributed by atoms with Gasteiger partial charge >= 0.3 is 0 Å². The molecule has 0 saturated heterocycles. The highest BCUT2D eigenvalue weighted by atomic mass is 16.3. The molecule has 31 heavy (non-hydrogen) atoms. The number of rotatable bonds is 4. The smallest absolute Gasteiger partial charge is 0.255 e. The Kier molecular flexibility index (Phi) is 4.90. The number of ketones is 2. The summed E-state index contributed by atoms with van der Waals surface area (Å²) in [5, 5.41) is 46.2. The van der Waals surface area contributed by atoms with Crippen LogP contribution in [-0.2, 0) is 20.8 Å². The van der Waals surface area contributed by atoms with Crippen molar-refractivity contribution >= 4 is 23.2 Å². The Morgan fingerprint density at radius 1 is 1.26 bits per heavy atom. The third-order valence-corrected chi connectivity index (χ3v) is 6.55. The van der Waals surface area contributed by atoms with Crippen LogP contribution in [0, 0.1) is 11.8 Å². The summed E-state index contributed by atoms with van der Waals surface area (Å²) in [6.07, 6.45) is 1.02. The molecule has 1 aromatic carbocycles. The number of aromatic hydroxyl groups is 1. The van der Waals surface area contributed by atoms with Crippen LogP contribution < -0.4 is 11.1 Å². The van der Waals surface area contributed by atoms with E-state index < -0.39 is 58.0 Å². The number of hydrogen-bond acceptors (Lipinski definition) is 8. The largest absolute Gasteiger partial charge is 0.508 e. The fourth-order valence-electron chi connectivity index (χ4n) is 5.15. The number of nitrogens with two attached hydrogens (primary N) is 1. The predicted molar refractivity (Wildman–Crippen MR) is 109 cm³/mol. The third kappa shape index (κ3) is 2.80. The first kappa shape index (κ1) is 21.1. The van der Waals surface area contributed by atoms with Crippen molar-refractivity contribution < 1.29 is 34.8 Å². The van der Waals surface area contributed by atoms with E-state index in [9.17, 15) is 34.8 Å². The molecule has 9 nitrogen and oxygen atoms in total. The molecule has 0 bridgehead atoms. The van der Waals surface area contributed by atoms with Gasteiger partial charge in [0.1, 0.15) is 22.8 Å². The second-order valence-electron chi connectivity index (χ2n) is 8.30. The summed E-state index contributed by atoms with van der Waals surface area (Å²) >= 11 is 0. The van der Waals surface area contributed by atoms with E-state index in [4.69, 9.17) is 5.73 Å². The molecule has 7 N–H and O–H groups in total. The molecule has 164 valence electrons. The van der Waals surface area contributed by atoms with Crippen LogP contribution in [0.4, 0.5) is 0 Å². The van der Waals surface area contributed by atoms with Gasteiger partial charge in [-0.1, -0.05) is 19.1 Å². The van der Waals surface area contributed by atoms with E-state index in [0.717, 1.165) is 0 Å². The summed E-state index contributed by atoms with van der Waals surface area (Å²) < 4.78 is 0. The molecule has 0 heterocycles. The molecule has 3 aliphatic rings. The van der Waals surface area contributed by atoms with Crippen LogP contribution >= 0.6 is 0 Å². The Morgan fingerprint density at radius 2 is 1.97 bits per heavy atom. The molecule has 0 unspecified atom stereocenters. The van der Waals surface area contributed by atoms with Gasteiger partial charge in [0.15, 0.2) is 11.4 Å². The molecule has 0 radical (unpaired) electrons. The van der Waals surface area contributed by atoms with Gasteiger partial charge in [0.05, 0.1) is 11.6 Å². The number of nitrogens with one attached hydrogen (secondary N) is 1. The van der Waals surface area contributed by atoms with Crippen LogP contribution in [0.1, 0.15) is 30.9 Å². The highest BCUT2D eigenvalue weighted by Gasteiger charge is 2.63. The Balaban J connectivity index is 1.93. The van der Waals surface area contributed by atoms with Gasteiger partial charge < -0.3 is 31.5 Å². The molecule has 1 fully saturated rings. The number of carbonyl (C=O) groups is 3. The van der Waals surface area contributed by atoms with Crippen molar-refractivity contribution in [3.05, 3.63) is 46.2 Å². The summed E-state index contributed by atoms with van der Waals surface area (Å²) in [5.41, 5.74) is 2.43. The average molecular weight is 428 g/mol. The van der Waals surface area contributed by atoms with Crippen LogP contribution in [0.15, 0.2) is 35.1 Å². The van der Waals surface area contributed by atoms with Gasteiger partial charge in [-0.25, -0.2) is 0 Å². The second-order valence-corrected chi connectivity index (χ2v) is 8.30. The fourth-order valence-corrected chi connectivity index (χ4v) is 5.15. The van der Waals surface area contributed by atoms with Gasteiger partial charge in [-0.05, 0) is 43.4 Å². The molecular weight excluding hydrogens is 404 g/mol. The molecule has 1 amide bonds. The number of aliphatic hydroxyl groups excluding tert-OH is 2. The lowest BCUT2D eigenvalue weighted by molar-refractivity contribution is -0.150. The number of primary amides is 1. The molecule has 1 aromatic rings. The van der Waals surface area contributed by atoms with E-state index in [1.807, 2.05) is 6.92 Å².